The van der Waals surface area contributed by atoms with Gasteiger partial charge in [0.2, 0.25) is 6.41 Å². The van der Waals surface area contributed by atoms with Gasteiger partial charge in [0.15, 0.2) is 0 Å². The van der Waals surface area contributed by atoms with Crippen molar-refractivity contribution < 1.29 is 4.79 Å². The summed E-state index contributed by atoms with van der Waals surface area (Å²) in [4.78, 5) is 16.1. The van der Waals surface area contributed by atoms with Crippen molar-refractivity contribution in [2.24, 2.45) is 10.9 Å². The second-order valence-corrected chi connectivity index (χ2v) is 10.8. The van der Waals surface area contributed by atoms with Crippen LogP contribution in [-0.4, -0.2) is 37.3 Å². The molecule has 1 aliphatic heterocycles. The molecule has 0 spiro atoms. The van der Waals surface area contributed by atoms with Gasteiger partial charge in [-0.05, 0) is 82.4 Å². The monoisotopic (exact) mass is 490 g/mol. The van der Waals surface area contributed by atoms with Gasteiger partial charge in [-0.3, -0.25) is 9.79 Å². The van der Waals surface area contributed by atoms with Crippen molar-refractivity contribution in [2.45, 2.75) is 102 Å². The maximum absolute atomic E-state index is 10.9. The second kappa shape index (κ2) is 13.8. The molecule has 0 saturated heterocycles. The largest absolute Gasteiger partial charge is 0.381 e. The van der Waals surface area contributed by atoms with Gasteiger partial charge in [0.05, 0.1) is 6.04 Å². The summed E-state index contributed by atoms with van der Waals surface area (Å²) >= 11 is 0. The molecule has 3 N–H and O–H groups in total. The zero-order valence-corrected chi connectivity index (χ0v) is 22.3. The quantitative estimate of drug-likeness (QED) is 0.218. The van der Waals surface area contributed by atoms with Crippen LogP contribution in [0.15, 0.2) is 64.0 Å². The number of fused-ring (bicyclic) bond motifs is 1. The summed E-state index contributed by atoms with van der Waals surface area (Å²) in [5.74, 6) is 0.406. The van der Waals surface area contributed by atoms with Crippen molar-refractivity contribution in [2.75, 3.05) is 13.1 Å². The summed E-state index contributed by atoms with van der Waals surface area (Å²) < 4.78 is 0. The summed E-state index contributed by atoms with van der Waals surface area (Å²) in [5, 5.41) is 10.4. The molecule has 0 aromatic rings. The minimum absolute atomic E-state index is 0.325. The molecule has 36 heavy (non-hydrogen) atoms. The number of carbonyl (C=O) groups excluding carboxylic acids is 1. The number of amides is 1. The standard InChI is InChI=1S/C31H46N4O/c1-3-24-27(15-12-16-28(24)34-22-36)32-19-10-6-4-5-7-11-20-33-31-25-13-8-9-14-29(25)35-30-21-23(2)17-18-26(30)31/h3,17-18,21-22,26-27,30,32,35H,1,4-16,19-20H2,2H3,(H,34,36). The van der Waals surface area contributed by atoms with Crippen molar-refractivity contribution in [1.82, 2.24) is 16.0 Å². The zero-order valence-electron chi connectivity index (χ0n) is 22.3. The van der Waals surface area contributed by atoms with E-state index in [9.17, 15) is 4.79 Å². The molecule has 3 atom stereocenters. The first kappa shape index (κ1) is 26.7. The van der Waals surface area contributed by atoms with E-state index in [1.807, 2.05) is 6.08 Å². The third-order valence-corrected chi connectivity index (χ3v) is 8.18. The molecule has 5 heteroatoms. The molecule has 1 amide bonds. The summed E-state index contributed by atoms with van der Waals surface area (Å²) in [6.45, 7) is 8.14. The van der Waals surface area contributed by atoms with Crippen LogP contribution in [0.25, 0.3) is 0 Å². The molecule has 3 aliphatic carbocycles. The molecule has 1 heterocycles. The van der Waals surface area contributed by atoms with Gasteiger partial charge < -0.3 is 16.0 Å². The van der Waals surface area contributed by atoms with Gasteiger partial charge in [-0.25, -0.2) is 0 Å². The van der Waals surface area contributed by atoms with Gasteiger partial charge in [-0.15, -0.1) is 0 Å². The van der Waals surface area contributed by atoms with Gasteiger partial charge in [0, 0.05) is 35.6 Å². The SMILES string of the molecule is C=CC1=C(NC=O)CCCC1NCCCCCCCCN=C1C2=C(CCCC2)NC2C=C(C)C=CC12. The highest BCUT2D eigenvalue weighted by Crippen LogP contribution is 2.35. The van der Waals surface area contributed by atoms with Gasteiger partial charge in [-0.1, -0.05) is 62.1 Å². The Bertz CT molecular complexity index is 938. The van der Waals surface area contributed by atoms with Crippen molar-refractivity contribution in [3.63, 3.8) is 0 Å². The highest BCUT2D eigenvalue weighted by molar-refractivity contribution is 6.05. The van der Waals surface area contributed by atoms with E-state index in [4.69, 9.17) is 4.99 Å². The molecular weight excluding hydrogens is 444 g/mol. The van der Waals surface area contributed by atoms with Crippen LogP contribution in [0.3, 0.4) is 0 Å². The van der Waals surface area contributed by atoms with Gasteiger partial charge in [0.25, 0.3) is 0 Å². The lowest BCUT2D eigenvalue weighted by molar-refractivity contribution is -0.109. The Morgan fingerprint density at radius 3 is 2.72 bits per heavy atom. The number of hydrogen-bond acceptors (Lipinski definition) is 4. The lowest BCUT2D eigenvalue weighted by Gasteiger charge is -2.38. The molecule has 0 radical (unpaired) electrons. The lowest BCUT2D eigenvalue weighted by Crippen LogP contribution is -2.45. The maximum atomic E-state index is 10.9. The zero-order chi connectivity index (χ0) is 25.2. The minimum Gasteiger partial charge on any atom is -0.381 e. The Hall–Kier alpha value is -2.40. The molecule has 3 unspecified atom stereocenters. The molecule has 5 nitrogen and oxygen atoms in total. The van der Waals surface area contributed by atoms with Crippen LogP contribution >= 0.6 is 0 Å². The van der Waals surface area contributed by atoms with E-state index in [1.165, 1.54) is 92.3 Å². The molecule has 0 aromatic heterocycles. The third kappa shape index (κ3) is 6.88. The Labute approximate surface area is 218 Å². The summed E-state index contributed by atoms with van der Waals surface area (Å²) in [6, 6.07) is 0.712. The molecule has 0 saturated carbocycles. The first-order valence-electron chi connectivity index (χ1n) is 14.4. The van der Waals surface area contributed by atoms with E-state index in [0.717, 1.165) is 44.5 Å². The molecule has 196 valence electrons. The predicted molar refractivity (Wildman–Crippen MR) is 151 cm³/mol. The number of nitrogens with one attached hydrogen (secondary N) is 3. The number of aliphatic imine (C=N–C) groups is 1. The first-order valence-corrected chi connectivity index (χ1v) is 14.4. The van der Waals surface area contributed by atoms with Crippen molar-refractivity contribution in [3.05, 3.63) is 59.0 Å². The van der Waals surface area contributed by atoms with Crippen molar-refractivity contribution >= 4 is 12.1 Å². The third-order valence-electron chi connectivity index (χ3n) is 8.18. The van der Waals surface area contributed by atoms with Crippen molar-refractivity contribution in [1.29, 1.82) is 0 Å². The fourth-order valence-corrected chi connectivity index (χ4v) is 6.28. The number of hydrogen-bond donors (Lipinski definition) is 3. The molecule has 0 aromatic carbocycles. The van der Waals surface area contributed by atoms with E-state index in [1.54, 1.807) is 0 Å². The predicted octanol–water partition coefficient (Wildman–Crippen LogP) is 6.03. The first-order chi connectivity index (χ1) is 17.7. The Morgan fingerprint density at radius 1 is 1.08 bits per heavy atom. The van der Waals surface area contributed by atoms with Gasteiger partial charge in [0.1, 0.15) is 0 Å². The second-order valence-electron chi connectivity index (χ2n) is 10.8. The van der Waals surface area contributed by atoms with Crippen LogP contribution in [0.1, 0.15) is 90.4 Å². The average Bonchev–Trinajstić information content (AvgIpc) is 2.89. The fourth-order valence-electron chi connectivity index (χ4n) is 6.28. The number of allylic oxidation sites excluding steroid dienone is 5. The highest BCUT2D eigenvalue weighted by Gasteiger charge is 2.34. The maximum Gasteiger partial charge on any atom is 0.211 e. The van der Waals surface area contributed by atoms with Crippen LogP contribution in [0.5, 0.6) is 0 Å². The fraction of sp³-hybridized carbons (Fsp3) is 0.613. The van der Waals surface area contributed by atoms with E-state index < -0.39 is 0 Å². The summed E-state index contributed by atoms with van der Waals surface area (Å²) in [6.07, 6.45) is 25.4. The Balaban J connectivity index is 1.14. The van der Waals surface area contributed by atoms with E-state index >= 15 is 0 Å². The molecular formula is C31H46N4O. The topological polar surface area (TPSA) is 65.5 Å². The van der Waals surface area contributed by atoms with Crippen LogP contribution in [0, 0.1) is 5.92 Å². The number of carbonyl (C=O) groups is 1. The lowest BCUT2D eigenvalue weighted by atomic mass is 9.77. The highest BCUT2D eigenvalue weighted by atomic mass is 16.1. The normalized spacial score (nSPS) is 26.8. The number of unbranched alkanes of at least 4 members (excludes halogenated alkanes) is 5. The van der Waals surface area contributed by atoms with Crippen molar-refractivity contribution in [3.8, 4) is 0 Å². The molecule has 4 aliphatic rings. The van der Waals surface area contributed by atoms with Gasteiger partial charge >= 0.3 is 0 Å². The molecule has 4 rings (SSSR count). The van der Waals surface area contributed by atoms with Crippen LogP contribution < -0.4 is 16.0 Å². The molecule has 0 bridgehead atoms. The smallest absolute Gasteiger partial charge is 0.211 e. The van der Waals surface area contributed by atoms with Crippen LogP contribution in [0.2, 0.25) is 0 Å². The van der Waals surface area contributed by atoms with Crippen LogP contribution in [0.4, 0.5) is 0 Å². The molecule has 0 fully saturated rings. The number of nitrogens with zero attached hydrogens (tertiary/aromatic N) is 1. The average molecular weight is 491 g/mol. The Kier molecular flexibility index (Phi) is 10.2. The summed E-state index contributed by atoms with van der Waals surface area (Å²) in [5.41, 5.74) is 7.93. The Morgan fingerprint density at radius 2 is 1.89 bits per heavy atom. The minimum atomic E-state index is 0.325. The van der Waals surface area contributed by atoms with Gasteiger partial charge in [-0.2, -0.15) is 0 Å². The van der Waals surface area contributed by atoms with E-state index in [0.29, 0.717) is 18.0 Å². The van der Waals surface area contributed by atoms with E-state index in [-0.39, 0.29) is 0 Å². The van der Waals surface area contributed by atoms with Crippen LogP contribution in [-0.2, 0) is 4.79 Å². The number of rotatable bonds is 13. The van der Waals surface area contributed by atoms with E-state index in [2.05, 4.69) is 47.7 Å². The summed E-state index contributed by atoms with van der Waals surface area (Å²) in [7, 11) is 0.